The minimum Gasteiger partial charge on any atom is -0.254 e. The maximum Gasteiger partial charge on any atom is 0.123 e. The minimum absolute atomic E-state index is 0.237. The first-order valence-electron chi connectivity index (χ1n) is 8.37. The summed E-state index contributed by atoms with van der Waals surface area (Å²) in [6, 6.07) is 23.7. The summed E-state index contributed by atoms with van der Waals surface area (Å²) in [6.45, 7) is 0. The van der Waals surface area contributed by atoms with Crippen molar-refractivity contribution in [1.82, 2.24) is 4.98 Å². The SMILES string of the molecule is Fc1ccc2c(cnc3c(I)c(-c4ccccc4)c4ccccc4c32)c1. The molecule has 0 aliphatic rings. The monoisotopic (exact) mass is 449 g/mol. The molecule has 1 heterocycles. The summed E-state index contributed by atoms with van der Waals surface area (Å²) in [5, 5.41) is 5.28. The Kier molecular flexibility index (Phi) is 3.64. The number of pyridine rings is 1. The standard InChI is InChI=1S/C23H13FIN/c24-16-10-11-17-15(12-16)13-26-23-21(17)19-9-5-4-8-18(19)20(22(23)25)14-6-2-1-3-7-14/h1-13H. The van der Waals surface area contributed by atoms with Crippen LogP contribution in [0.3, 0.4) is 0 Å². The molecule has 0 aliphatic carbocycles. The molecular weight excluding hydrogens is 436 g/mol. The van der Waals surface area contributed by atoms with Crippen molar-refractivity contribution in [3.63, 3.8) is 0 Å². The van der Waals surface area contributed by atoms with E-state index in [9.17, 15) is 4.39 Å². The second-order valence-electron chi connectivity index (χ2n) is 6.31. The molecular formula is C23H13FIN. The van der Waals surface area contributed by atoms with Crippen molar-refractivity contribution in [3.05, 3.63) is 88.4 Å². The molecule has 5 rings (SSSR count). The van der Waals surface area contributed by atoms with Gasteiger partial charge < -0.3 is 0 Å². The molecule has 5 aromatic rings. The van der Waals surface area contributed by atoms with Gasteiger partial charge in [0.1, 0.15) is 5.82 Å². The molecule has 0 spiro atoms. The van der Waals surface area contributed by atoms with Crippen molar-refractivity contribution in [2.75, 3.05) is 0 Å². The average molecular weight is 449 g/mol. The topological polar surface area (TPSA) is 12.9 Å². The number of nitrogens with zero attached hydrogens (tertiary/aromatic N) is 1. The third kappa shape index (κ3) is 2.31. The van der Waals surface area contributed by atoms with Crippen molar-refractivity contribution < 1.29 is 4.39 Å². The lowest BCUT2D eigenvalue weighted by Crippen LogP contribution is -1.93. The molecule has 124 valence electrons. The van der Waals surface area contributed by atoms with E-state index in [1.54, 1.807) is 12.3 Å². The Morgan fingerprint density at radius 2 is 1.50 bits per heavy atom. The summed E-state index contributed by atoms with van der Waals surface area (Å²) < 4.78 is 14.8. The maximum absolute atomic E-state index is 13.7. The summed E-state index contributed by atoms with van der Waals surface area (Å²) in [5.41, 5.74) is 3.33. The Morgan fingerprint density at radius 1 is 0.769 bits per heavy atom. The Morgan fingerprint density at radius 3 is 2.31 bits per heavy atom. The summed E-state index contributed by atoms with van der Waals surface area (Å²) in [5.74, 6) is -0.237. The van der Waals surface area contributed by atoms with E-state index in [1.807, 2.05) is 18.2 Å². The number of hydrogen-bond donors (Lipinski definition) is 0. The van der Waals surface area contributed by atoms with Gasteiger partial charge in [-0.3, -0.25) is 4.98 Å². The van der Waals surface area contributed by atoms with Crippen LogP contribution in [0.5, 0.6) is 0 Å². The second-order valence-corrected chi connectivity index (χ2v) is 7.39. The zero-order valence-electron chi connectivity index (χ0n) is 13.7. The number of halogens is 2. The quantitative estimate of drug-likeness (QED) is 0.199. The zero-order valence-corrected chi connectivity index (χ0v) is 15.9. The summed E-state index contributed by atoms with van der Waals surface area (Å²) in [7, 11) is 0. The van der Waals surface area contributed by atoms with Gasteiger partial charge in [-0.05, 0) is 56.4 Å². The molecule has 0 amide bonds. The molecule has 1 aromatic heterocycles. The molecule has 0 saturated carbocycles. The largest absolute Gasteiger partial charge is 0.254 e. The van der Waals surface area contributed by atoms with Gasteiger partial charge in [0.15, 0.2) is 0 Å². The fourth-order valence-corrected chi connectivity index (χ4v) is 4.69. The van der Waals surface area contributed by atoms with E-state index >= 15 is 0 Å². The molecule has 0 saturated heterocycles. The predicted molar refractivity (Wildman–Crippen MR) is 115 cm³/mol. The van der Waals surface area contributed by atoms with Crippen LogP contribution in [0, 0.1) is 9.39 Å². The van der Waals surface area contributed by atoms with Crippen LogP contribution in [0.4, 0.5) is 4.39 Å². The fraction of sp³-hybridized carbons (Fsp3) is 0. The minimum atomic E-state index is -0.237. The highest BCUT2D eigenvalue weighted by atomic mass is 127. The van der Waals surface area contributed by atoms with Crippen LogP contribution in [0.1, 0.15) is 0 Å². The van der Waals surface area contributed by atoms with E-state index in [-0.39, 0.29) is 5.82 Å². The van der Waals surface area contributed by atoms with E-state index in [0.717, 1.165) is 30.6 Å². The Balaban J connectivity index is 2.05. The second kappa shape index (κ2) is 6.02. The van der Waals surface area contributed by atoms with Gasteiger partial charge in [0.2, 0.25) is 0 Å². The third-order valence-electron chi connectivity index (χ3n) is 4.81. The third-order valence-corrected chi connectivity index (χ3v) is 5.86. The van der Waals surface area contributed by atoms with Crippen molar-refractivity contribution in [2.24, 2.45) is 0 Å². The van der Waals surface area contributed by atoms with Gasteiger partial charge in [0.05, 0.1) is 5.52 Å². The highest BCUT2D eigenvalue weighted by molar-refractivity contribution is 14.1. The van der Waals surface area contributed by atoms with Gasteiger partial charge in [0.25, 0.3) is 0 Å². The molecule has 0 bridgehead atoms. The molecule has 4 aromatic carbocycles. The first kappa shape index (κ1) is 15.7. The van der Waals surface area contributed by atoms with Crippen LogP contribution >= 0.6 is 22.6 Å². The molecule has 0 unspecified atom stereocenters. The molecule has 3 heteroatoms. The lowest BCUT2D eigenvalue weighted by atomic mass is 9.93. The lowest BCUT2D eigenvalue weighted by molar-refractivity contribution is 0.630. The van der Waals surface area contributed by atoms with Crippen molar-refractivity contribution in [1.29, 1.82) is 0 Å². The molecule has 0 atom stereocenters. The highest BCUT2D eigenvalue weighted by Crippen LogP contribution is 2.41. The highest BCUT2D eigenvalue weighted by Gasteiger charge is 2.16. The van der Waals surface area contributed by atoms with Gasteiger partial charge in [-0.25, -0.2) is 4.39 Å². The summed E-state index contributed by atoms with van der Waals surface area (Å²) in [6.07, 6.45) is 1.77. The van der Waals surface area contributed by atoms with E-state index in [1.165, 1.54) is 22.6 Å². The van der Waals surface area contributed by atoms with Crippen molar-refractivity contribution in [3.8, 4) is 11.1 Å². The number of aromatic nitrogens is 1. The van der Waals surface area contributed by atoms with Crippen molar-refractivity contribution >= 4 is 55.0 Å². The molecule has 0 N–H and O–H groups in total. The Bertz CT molecular complexity index is 1300. The zero-order chi connectivity index (χ0) is 17.7. The first-order valence-corrected chi connectivity index (χ1v) is 9.45. The van der Waals surface area contributed by atoms with Gasteiger partial charge in [0, 0.05) is 26.1 Å². The molecule has 0 aliphatic heterocycles. The number of fused-ring (bicyclic) bond motifs is 5. The smallest absolute Gasteiger partial charge is 0.123 e. The van der Waals surface area contributed by atoms with Crippen LogP contribution in [0.25, 0.3) is 43.6 Å². The molecule has 0 radical (unpaired) electrons. The first-order chi connectivity index (χ1) is 12.7. The number of benzene rings is 4. The average Bonchev–Trinajstić information content (AvgIpc) is 2.68. The van der Waals surface area contributed by atoms with Crippen LogP contribution in [-0.4, -0.2) is 4.98 Å². The van der Waals surface area contributed by atoms with Crippen LogP contribution in [0.2, 0.25) is 0 Å². The molecule has 26 heavy (non-hydrogen) atoms. The van der Waals surface area contributed by atoms with Crippen molar-refractivity contribution in [2.45, 2.75) is 0 Å². The lowest BCUT2D eigenvalue weighted by Gasteiger charge is -2.15. The maximum atomic E-state index is 13.7. The van der Waals surface area contributed by atoms with Crippen LogP contribution < -0.4 is 0 Å². The van der Waals surface area contributed by atoms with Gasteiger partial charge in [-0.1, -0.05) is 60.7 Å². The normalized spacial score (nSPS) is 11.5. The van der Waals surface area contributed by atoms with Crippen LogP contribution in [0.15, 0.2) is 79.0 Å². The number of hydrogen-bond acceptors (Lipinski definition) is 1. The predicted octanol–water partition coefficient (Wildman–Crippen LogP) is 6.95. The Hall–Kier alpha value is -2.53. The van der Waals surface area contributed by atoms with E-state index in [2.05, 4.69) is 65.1 Å². The molecule has 0 fully saturated rings. The van der Waals surface area contributed by atoms with E-state index < -0.39 is 0 Å². The molecule has 1 nitrogen and oxygen atoms in total. The Labute approximate surface area is 163 Å². The van der Waals surface area contributed by atoms with Crippen LogP contribution in [-0.2, 0) is 0 Å². The fourth-order valence-electron chi connectivity index (χ4n) is 3.68. The summed E-state index contributed by atoms with van der Waals surface area (Å²) in [4.78, 5) is 4.71. The van der Waals surface area contributed by atoms with E-state index in [0.29, 0.717) is 0 Å². The summed E-state index contributed by atoms with van der Waals surface area (Å²) >= 11 is 2.39. The van der Waals surface area contributed by atoms with E-state index in [4.69, 9.17) is 4.98 Å². The van der Waals surface area contributed by atoms with Gasteiger partial charge in [-0.15, -0.1) is 0 Å². The number of rotatable bonds is 1. The van der Waals surface area contributed by atoms with Gasteiger partial charge in [-0.2, -0.15) is 0 Å². The van der Waals surface area contributed by atoms with Gasteiger partial charge >= 0.3 is 0 Å².